The molecular formula is C18H23BrN2O2. The van der Waals surface area contributed by atoms with Crippen LogP contribution < -0.4 is 14.8 Å². The van der Waals surface area contributed by atoms with E-state index in [1.54, 1.807) is 6.20 Å². The monoisotopic (exact) mass is 378 g/mol. The molecule has 2 aromatic rings. The Morgan fingerprint density at radius 1 is 1.13 bits per heavy atom. The molecule has 1 heterocycles. The highest BCUT2D eigenvalue weighted by atomic mass is 79.9. The summed E-state index contributed by atoms with van der Waals surface area (Å²) in [6.07, 6.45) is 4.62. The van der Waals surface area contributed by atoms with Gasteiger partial charge in [0, 0.05) is 25.5 Å². The summed E-state index contributed by atoms with van der Waals surface area (Å²) in [5, 5.41) is 3.42. The van der Waals surface area contributed by atoms with E-state index >= 15 is 0 Å². The lowest BCUT2D eigenvalue weighted by Crippen LogP contribution is -2.13. The molecule has 1 aromatic carbocycles. The van der Waals surface area contributed by atoms with Crippen molar-refractivity contribution in [1.82, 2.24) is 10.3 Å². The number of hydrogen-bond acceptors (Lipinski definition) is 4. The van der Waals surface area contributed by atoms with Crippen LogP contribution in [0.4, 0.5) is 0 Å². The molecular weight excluding hydrogens is 356 g/mol. The minimum Gasteiger partial charge on any atom is -0.490 e. The molecule has 0 atom stereocenters. The molecule has 23 heavy (non-hydrogen) atoms. The lowest BCUT2D eigenvalue weighted by molar-refractivity contribution is 0.275. The van der Waals surface area contributed by atoms with Crippen LogP contribution in [-0.2, 0) is 13.1 Å². The topological polar surface area (TPSA) is 43.4 Å². The highest BCUT2D eigenvalue weighted by Crippen LogP contribution is 2.37. The Kier molecular flexibility index (Phi) is 7.36. The number of halogens is 1. The van der Waals surface area contributed by atoms with Crippen molar-refractivity contribution in [3.05, 3.63) is 52.3 Å². The second-order valence-electron chi connectivity index (χ2n) is 5.15. The Morgan fingerprint density at radius 3 is 2.65 bits per heavy atom. The van der Waals surface area contributed by atoms with E-state index < -0.39 is 0 Å². The maximum Gasteiger partial charge on any atom is 0.175 e. The zero-order valence-corrected chi connectivity index (χ0v) is 15.2. The predicted molar refractivity (Wildman–Crippen MR) is 95.9 cm³/mol. The van der Waals surface area contributed by atoms with Gasteiger partial charge in [0.15, 0.2) is 11.5 Å². The number of ether oxygens (including phenoxy) is 2. The first-order valence-electron chi connectivity index (χ1n) is 7.92. The maximum atomic E-state index is 5.80. The van der Waals surface area contributed by atoms with Gasteiger partial charge in [0.25, 0.3) is 0 Å². The summed E-state index contributed by atoms with van der Waals surface area (Å²) in [5.41, 5.74) is 2.31. The van der Waals surface area contributed by atoms with Gasteiger partial charge in [-0.2, -0.15) is 0 Å². The fourth-order valence-corrected chi connectivity index (χ4v) is 2.79. The molecule has 0 aliphatic rings. The third-order valence-electron chi connectivity index (χ3n) is 3.20. The van der Waals surface area contributed by atoms with Crippen LogP contribution in [0.15, 0.2) is 41.1 Å². The molecule has 0 saturated heterocycles. The lowest BCUT2D eigenvalue weighted by atomic mass is 10.2. The van der Waals surface area contributed by atoms with Crippen molar-refractivity contribution < 1.29 is 9.47 Å². The van der Waals surface area contributed by atoms with Crippen molar-refractivity contribution >= 4 is 15.9 Å². The summed E-state index contributed by atoms with van der Waals surface area (Å²) < 4.78 is 12.5. The quantitative estimate of drug-likeness (QED) is 0.705. The predicted octanol–water partition coefficient (Wildman–Crippen LogP) is 4.32. The molecule has 0 unspecified atom stereocenters. The first kappa shape index (κ1) is 17.8. The molecule has 124 valence electrons. The van der Waals surface area contributed by atoms with E-state index in [4.69, 9.17) is 9.47 Å². The molecule has 0 amide bonds. The largest absolute Gasteiger partial charge is 0.490 e. The zero-order chi connectivity index (χ0) is 16.5. The van der Waals surface area contributed by atoms with Gasteiger partial charge in [-0.1, -0.05) is 13.0 Å². The Balaban J connectivity index is 2.03. The first-order chi connectivity index (χ1) is 11.2. The highest BCUT2D eigenvalue weighted by molar-refractivity contribution is 9.10. The Bertz CT molecular complexity index is 605. The molecule has 0 saturated carbocycles. The molecule has 0 bridgehead atoms. The second kappa shape index (κ2) is 9.53. The summed E-state index contributed by atoms with van der Waals surface area (Å²) in [6.45, 7) is 6.89. The van der Waals surface area contributed by atoms with Gasteiger partial charge < -0.3 is 14.8 Å². The summed E-state index contributed by atoms with van der Waals surface area (Å²) in [7, 11) is 0. The van der Waals surface area contributed by atoms with Crippen LogP contribution in [-0.4, -0.2) is 18.2 Å². The zero-order valence-electron chi connectivity index (χ0n) is 13.6. The number of nitrogens with one attached hydrogen (secondary N) is 1. The summed E-state index contributed by atoms with van der Waals surface area (Å²) in [4.78, 5) is 4.12. The van der Waals surface area contributed by atoms with Gasteiger partial charge in [0.2, 0.25) is 0 Å². The summed E-state index contributed by atoms with van der Waals surface area (Å²) in [6, 6.07) is 8.11. The molecule has 1 aromatic heterocycles. The average Bonchev–Trinajstić information content (AvgIpc) is 2.55. The van der Waals surface area contributed by atoms with Crippen LogP contribution in [0.1, 0.15) is 31.4 Å². The van der Waals surface area contributed by atoms with Gasteiger partial charge in [-0.3, -0.25) is 4.98 Å². The van der Waals surface area contributed by atoms with Crippen molar-refractivity contribution in [3.8, 4) is 11.5 Å². The van der Waals surface area contributed by atoms with Crippen LogP contribution in [0.25, 0.3) is 0 Å². The van der Waals surface area contributed by atoms with Gasteiger partial charge in [0.05, 0.1) is 17.7 Å². The van der Waals surface area contributed by atoms with Crippen LogP contribution in [0.3, 0.4) is 0 Å². The van der Waals surface area contributed by atoms with Crippen LogP contribution in [0.2, 0.25) is 0 Å². The molecule has 2 rings (SSSR count). The van der Waals surface area contributed by atoms with E-state index in [1.807, 2.05) is 25.3 Å². The summed E-state index contributed by atoms with van der Waals surface area (Å²) >= 11 is 3.59. The van der Waals surface area contributed by atoms with E-state index in [0.717, 1.165) is 41.0 Å². The molecule has 0 aliphatic heterocycles. The minimum atomic E-state index is 0.613. The number of rotatable bonds is 9. The highest BCUT2D eigenvalue weighted by Gasteiger charge is 2.12. The first-order valence-corrected chi connectivity index (χ1v) is 8.71. The number of aromatic nitrogens is 1. The van der Waals surface area contributed by atoms with E-state index in [0.29, 0.717) is 13.2 Å². The van der Waals surface area contributed by atoms with E-state index in [9.17, 15) is 0 Å². The molecule has 0 aliphatic carbocycles. The number of hydrogen-bond donors (Lipinski definition) is 1. The lowest BCUT2D eigenvalue weighted by Gasteiger charge is -2.15. The Hall–Kier alpha value is -1.59. The van der Waals surface area contributed by atoms with Gasteiger partial charge in [-0.05, 0) is 58.6 Å². The molecule has 5 heteroatoms. The second-order valence-corrected chi connectivity index (χ2v) is 6.01. The molecule has 0 fully saturated rings. The van der Waals surface area contributed by atoms with Crippen LogP contribution in [0, 0.1) is 0 Å². The SMILES string of the molecule is CCCOc1c(Br)cc(CNCc2cccnc2)cc1OCC. The third kappa shape index (κ3) is 5.52. The van der Waals surface area contributed by atoms with Crippen LogP contribution in [0.5, 0.6) is 11.5 Å². The van der Waals surface area contributed by atoms with E-state index in [2.05, 4.69) is 45.3 Å². The minimum absolute atomic E-state index is 0.613. The van der Waals surface area contributed by atoms with Crippen LogP contribution >= 0.6 is 15.9 Å². The molecule has 0 spiro atoms. The Morgan fingerprint density at radius 2 is 1.96 bits per heavy atom. The van der Waals surface area contributed by atoms with Crippen molar-refractivity contribution in [2.75, 3.05) is 13.2 Å². The molecule has 0 radical (unpaired) electrons. The van der Waals surface area contributed by atoms with E-state index in [-0.39, 0.29) is 0 Å². The van der Waals surface area contributed by atoms with Crippen molar-refractivity contribution in [2.24, 2.45) is 0 Å². The standard InChI is InChI=1S/C18H23BrN2O2/c1-3-8-23-18-16(19)9-15(10-17(18)22-4-2)13-21-12-14-6-5-7-20-11-14/h5-7,9-11,21H,3-4,8,12-13H2,1-2H3. The van der Waals surface area contributed by atoms with Crippen molar-refractivity contribution in [3.63, 3.8) is 0 Å². The molecule has 1 N–H and O–H groups in total. The fourth-order valence-electron chi connectivity index (χ4n) is 2.18. The fraction of sp³-hybridized carbons (Fsp3) is 0.389. The van der Waals surface area contributed by atoms with Gasteiger partial charge in [-0.15, -0.1) is 0 Å². The normalized spacial score (nSPS) is 10.6. The number of pyridine rings is 1. The number of benzene rings is 1. The average molecular weight is 379 g/mol. The molecule has 4 nitrogen and oxygen atoms in total. The summed E-state index contributed by atoms with van der Waals surface area (Å²) in [5.74, 6) is 1.57. The van der Waals surface area contributed by atoms with Crippen molar-refractivity contribution in [1.29, 1.82) is 0 Å². The van der Waals surface area contributed by atoms with Gasteiger partial charge in [-0.25, -0.2) is 0 Å². The van der Waals surface area contributed by atoms with Gasteiger partial charge >= 0.3 is 0 Å². The van der Waals surface area contributed by atoms with Gasteiger partial charge in [0.1, 0.15) is 0 Å². The number of nitrogens with zero attached hydrogens (tertiary/aromatic N) is 1. The van der Waals surface area contributed by atoms with E-state index in [1.165, 1.54) is 5.56 Å². The smallest absolute Gasteiger partial charge is 0.175 e. The van der Waals surface area contributed by atoms with Crippen molar-refractivity contribution in [2.45, 2.75) is 33.4 Å². The maximum absolute atomic E-state index is 5.80. The Labute approximate surface area is 146 Å². The third-order valence-corrected chi connectivity index (χ3v) is 3.79.